The molecule has 22 heavy (non-hydrogen) atoms. The van der Waals surface area contributed by atoms with Gasteiger partial charge in [-0.15, -0.1) is 10.2 Å². The third-order valence-electron chi connectivity index (χ3n) is 3.25. The Balaban J connectivity index is 0.000000254. The average molecular weight is 320 g/mol. The Morgan fingerprint density at radius 1 is 0.909 bits per heavy atom. The molecule has 0 saturated heterocycles. The van der Waals surface area contributed by atoms with Crippen molar-refractivity contribution in [2.24, 2.45) is 0 Å². The molecule has 7 nitrogen and oxygen atoms in total. The van der Waals surface area contributed by atoms with Gasteiger partial charge < -0.3 is 0 Å². The Kier molecular flexibility index (Phi) is 3.65. The van der Waals surface area contributed by atoms with E-state index in [0.717, 1.165) is 5.52 Å². The van der Waals surface area contributed by atoms with Crippen LogP contribution < -0.4 is 23.6 Å². The summed E-state index contributed by atoms with van der Waals surface area (Å²) in [6, 6.07) is 12.6. The van der Waals surface area contributed by atoms with Crippen LogP contribution in [-0.4, -0.2) is 10.2 Å². The first-order valence-corrected chi connectivity index (χ1v) is 7.44. The van der Waals surface area contributed by atoms with Gasteiger partial charge in [-0.25, -0.2) is 23.6 Å². The van der Waals surface area contributed by atoms with Gasteiger partial charge in [0.2, 0.25) is 5.52 Å². The largest absolute Gasteiger partial charge is 0.278 e. The highest BCUT2D eigenvalue weighted by Gasteiger charge is 2.08. The van der Waals surface area contributed by atoms with Crippen molar-refractivity contribution in [1.29, 1.82) is 0 Å². The van der Waals surface area contributed by atoms with Crippen LogP contribution in [0.25, 0.3) is 32.6 Å². The Hall–Kier alpha value is -2.29. The number of halogens is 1. The van der Waals surface area contributed by atoms with Gasteiger partial charge in [0.25, 0.3) is 0 Å². The summed E-state index contributed by atoms with van der Waals surface area (Å²) in [6.45, 7) is 0. The smallest absolute Gasteiger partial charge is 0.218 e. The summed E-state index contributed by atoms with van der Waals surface area (Å²) >= 11 is 0. The Bertz CT molecular complexity index is 943. The predicted molar refractivity (Wildman–Crippen MR) is 67.7 cm³/mol. The van der Waals surface area contributed by atoms with E-state index < -0.39 is 10.2 Å². The SMILES string of the molecule is [O-][Cl+3]([O-])([O-])[O-].c1c[nH+]c2c(c1)ccc1c3cn[nH]c3ccc12. The van der Waals surface area contributed by atoms with E-state index in [1.807, 2.05) is 18.5 Å². The molecule has 0 radical (unpaired) electrons. The standard InChI is InChI=1S/C14H9N3.ClHO4/c1-2-9-3-4-10-11(14(9)15-7-1)5-6-13-12(10)8-16-17-13;2-1(3,4)5/h1-8H,(H,16,17);(H,2,3,4,5). The molecule has 0 aliphatic heterocycles. The molecule has 0 atom stereocenters. The highest BCUT2D eigenvalue weighted by Crippen LogP contribution is 2.27. The number of hydrogen-bond acceptors (Lipinski definition) is 5. The molecule has 0 saturated carbocycles. The molecule has 112 valence electrons. The molecule has 0 fully saturated rings. The van der Waals surface area contributed by atoms with Gasteiger partial charge >= 0.3 is 0 Å². The van der Waals surface area contributed by atoms with Crippen LogP contribution in [0.1, 0.15) is 0 Å². The lowest BCUT2D eigenvalue weighted by atomic mass is 10.0. The molecule has 2 aromatic carbocycles. The number of H-pyrrole nitrogens is 2. The van der Waals surface area contributed by atoms with Gasteiger partial charge in [0.05, 0.1) is 17.1 Å². The molecule has 0 bridgehead atoms. The Morgan fingerprint density at radius 3 is 2.41 bits per heavy atom. The van der Waals surface area contributed by atoms with Crippen LogP contribution in [0.4, 0.5) is 0 Å². The number of hydrogen-bond donors (Lipinski definition) is 1. The summed E-state index contributed by atoms with van der Waals surface area (Å²) in [5, 5.41) is 12.0. The van der Waals surface area contributed by atoms with Crippen LogP contribution in [0.2, 0.25) is 0 Å². The van der Waals surface area contributed by atoms with E-state index in [1.165, 1.54) is 27.1 Å². The van der Waals surface area contributed by atoms with E-state index >= 15 is 0 Å². The molecule has 4 aromatic rings. The second kappa shape index (κ2) is 5.48. The average Bonchev–Trinajstić information content (AvgIpc) is 2.93. The summed E-state index contributed by atoms with van der Waals surface area (Å²) < 4.78 is 34.0. The highest BCUT2D eigenvalue weighted by atomic mass is 35.7. The summed E-state index contributed by atoms with van der Waals surface area (Å²) in [5.74, 6) is 0. The predicted octanol–water partition coefficient (Wildman–Crippen LogP) is -2.07. The molecule has 2 N–H and O–H groups in total. The van der Waals surface area contributed by atoms with Gasteiger partial charge in [-0.3, -0.25) is 5.10 Å². The second-order valence-electron chi connectivity index (χ2n) is 4.57. The van der Waals surface area contributed by atoms with Crippen LogP contribution in [-0.2, 0) is 0 Å². The third-order valence-corrected chi connectivity index (χ3v) is 3.25. The van der Waals surface area contributed by atoms with Gasteiger partial charge in [-0.2, -0.15) is 5.10 Å². The van der Waals surface area contributed by atoms with Crippen molar-refractivity contribution in [3.05, 3.63) is 48.8 Å². The maximum absolute atomic E-state index is 8.49. The minimum absolute atomic E-state index is 1.08. The number of fused-ring (bicyclic) bond motifs is 5. The first-order valence-electron chi connectivity index (χ1n) is 6.20. The highest BCUT2D eigenvalue weighted by molar-refractivity contribution is 6.14. The lowest BCUT2D eigenvalue weighted by Gasteiger charge is -2.17. The number of rotatable bonds is 0. The maximum atomic E-state index is 8.49. The zero-order valence-corrected chi connectivity index (χ0v) is 11.8. The lowest BCUT2D eigenvalue weighted by molar-refractivity contribution is -2.00. The summed E-state index contributed by atoms with van der Waals surface area (Å²) in [7, 11) is -4.94. The molecule has 0 unspecified atom stereocenters. The van der Waals surface area contributed by atoms with E-state index in [1.54, 1.807) is 0 Å². The minimum atomic E-state index is -4.94. The molecule has 0 aliphatic rings. The molecule has 2 heterocycles. The number of aromatic nitrogens is 3. The molecular formula is C14H10ClN3O4. The molecule has 4 rings (SSSR count). The van der Waals surface area contributed by atoms with Crippen LogP contribution in [0.15, 0.2) is 48.8 Å². The van der Waals surface area contributed by atoms with Crippen molar-refractivity contribution in [2.45, 2.75) is 0 Å². The summed E-state index contributed by atoms with van der Waals surface area (Å²) in [5.41, 5.74) is 2.25. The fourth-order valence-electron chi connectivity index (χ4n) is 2.43. The van der Waals surface area contributed by atoms with Gasteiger partial charge in [0.1, 0.15) is 0 Å². The first-order chi connectivity index (χ1) is 10.4. The lowest BCUT2D eigenvalue weighted by Crippen LogP contribution is -2.68. The van der Waals surface area contributed by atoms with Crippen molar-refractivity contribution in [1.82, 2.24) is 10.2 Å². The fraction of sp³-hybridized carbons (Fsp3) is 0. The van der Waals surface area contributed by atoms with Crippen LogP contribution in [0.3, 0.4) is 0 Å². The molecule has 0 spiro atoms. The van der Waals surface area contributed by atoms with Crippen molar-refractivity contribution in [3.8, 4) is 0 Å². The van der Waals surface area contributed by atoms with Gasteiger partial charge in [-0.1, -0.05) is 6.07 Å². The number of pyridine rings is 1. The number of aromatic amines is 2. The van der Waals surface area contributed by atoms with E-state index in [0.29, 0.717) is 0 Å². The first kappa shape index (κ1) is 14.6. The van der Waals surface area contributed by atoms with Crippen molar-refractivity contribution < 1.29 is 33.9 Å². The molecule has 8 heteroatoms. The van der Waals surface area contributed by atoms with Crippen molar-refractivity contribution in [3.63, 3.8) is 0 Å². The Labute approximate surface area is 126 Å². The molecule has 2 aromatic heterocycles. The van der Waals surface area contributed by atoms with E-state index in [-0.39, 0.29) is 0 Å². The monoisotopic (exact) mass is 319 g/mol. The quantitative estimate of drug-likeness (QED) is 0.371. The molecule has 0 aliphatic carbocycles. The Morgan fingerprint density at radius 2 is 1.64 bits per heavy atom. The number of benzene rings is 2. The van der Waals surface area contributed by atoms with Gasteiger partial charge in [-0.05, 0) is 29.7 Å². The van der Waals surface area contributed by atoms with Gasteiger partial charge in [0.15, 0.2) is 6.20 Å². The zero-order chi connectivity index (χ0) is 15.7. The normalized spacial score (nSPS) is 11.6. The van der Waals surface area contributed by atoms with E-state index in [4.69, 9.17) is 18.6 Å². The number of nitrogens with one attached hydrogen (secondary N) is 2. The summed E-state index contributed by atoms with van der Waals surface area (Å²) in [6.07, 6.45) is 3.84. The third kappa shape index (κ3) is 2.98. The van der Waals surface area contributed by atoms with Crippen molar-refractivity contribution in [2.75, 3.05) is 0 Å². The van der Waals surface area contributed by atoms with E-state index in [2.05, 4.69) is 45.5 Å². The van der Waals surface area contributed by atoms with Gasteiger partial charge in [0, 0.05) is 16.8 Å². The van der Waals surface area contributed by atoms with Crippen LogP contribution >= 0.6 is 0 Å². The topological polar surface area (TPSA) is 135 Å². The van der Waals surface area contributed by atoms with Crippen LogP contribution in [0.5, 0.6) is 0 Å². The fourth-order valence-corrected chi connectivity index (χ4v) is 2.43. The number of nitrogens with zero attached hydrogens (tertiary/aromatic N) is 1. The van der Waals surface area contributed by atoms with Crippen molar-refractivity contribution >= 4 is 32.6 Å². The second-order valence-corrected chi connectivity index (χ2v) is 5.33. The molecular weight excluding hydrogens is 310 g/mol. The molecule has 0 amide bonds. The van der Waals surface area contributed by atoms with E-state index in [9.17, 15) is 0 Å². The minimum Gasteiger partial charge on any atom is -0.278 e. The van der Waals surface area contributed by atoms with Crippen LogP contribution in [0, 0.1) is 10.2 Å². The zero-order valence-electron chi connectivity index (χ0n) is 11.1. The summed E-state index contributed by atoms with van der Waals surface area (Å²) in [4.78, 5) is 3.32. The maximum Gasteiger partial charge on any atom is 0.218 e.